The van der Waals surface area contributed by atoms with E-state index in [-0.39, 0.29) is 12.5 Å². The summed E-state index contributed by atoms with van der Waals surface area (Å²) in [5, 5.41) is 11.4. The molecule has 0 aliphatic heterocycles. The highest BCUT2D eigenvalue weighted by atomic mass is 16.5. The number of benzene rings is 1. The van der Waals surface area contributed by atoms with Crippen molar-refractivity contribution in [2.24, 2.45) is 5.92 Å². The fraction of sp³-hybridized carbons (Fsp3) is 0.429. The molecule has 0 fully saturated rings. The zero-order chi connectivity index (χ0) is 14.4. The molecule has 5 heteroatoms. The lowest BCUT2D eigenvalue weighted by molar-refractivity contribution is -0.143. The van der Waals surface area contributed by atoms with Gasteiger partial charge in [-0.15, -0.1) is 0 Å². The summed E-state index contributed by atoms with van der Waals surface area (Å²) in [6.45, 7) is 5.20. The van der Waals surface area contributed by atoms with Crippen LogP contribution in [0.3, 0.4) is 0 Å². The fourth-order valence-corrected chi connectivity index (χ4v) is 1.58. The van der Waals surface area contributed by atoms with E-state index < -0.39 is 17.9 Å². The van der Waals surface area contributed by atoms with Crippen LogP contribution in [-0.4, -0.2) is 29.6 Å². The molecule has 0 aliphatic carbocycles. The van der Waals surface area contributed by atoms with Crippen molar-refractivity contribution >= 4 is 11.9 Å². The molecule has 0 aromatic heterocycles. The maximum absolute atomic E-state index is 11.6. The lowest BCUT2D eigenvalue weighted by Crippen LogP contribution is -2.46. The molecule has 0 aliphatic rings. The zero-order valence-electron chi connectivity index (χ0n) is 11.3. The molecule has 0 saturated carbocycles. The molecule has 2 N–H and O–H groups in total. The first-order chi connectivity index (χ1) is 8.90. The minimum atomic E-state index is -1.04. The molecule has 0 unspecified atom stereocenters. The molecule has 19 heavy (non-hydrogen) atoms. The van der Waals surface area contributed by atoms with E-state index in [2.05, 4.69) is 5.32 Å². The lowest BCUT2D eigenvalue weighted by atomic mass is 10.1. The van der Waals surface area contributed by atoms with Crippen LogP contribution in [0, 0.1) is 12.8 Å². The number of ether oxygens (including phenoxy) is 1. The Balaban J connectivity index is 2.49. The van der Waals surface area contributed by atoms with Gasteiger partial charge in [-0.1, -0.05) is 26.0 Å². The first-order valence-corrected chi connectivity index (χ1v) is 6.11. The van der Waals surface area contributed by atoms with E-state index in [1.165, 1.54) is 0 Å². The quantitative estimate of drug-likeness (QED) is 0.819. The Hall–Kier alpha value is -2.04. The Morgan fingerprint density at radius 1 is 1.37 bits per heavy atom. The second-order valence-electron chi connectivity index (χ2n) is 4.73. The second-order valence-corrected chi connectivity index (χ2v) is 4.73. The molecule has 1 aromatic rings. The van der Waals surface area contributed by atoms with Crippen LogP contribution < -0.4 is 10.1 Å². The van der Waals surface area contributed by atoms with E-state index in [0.29, 0.717) is 5.75 Å². The number of nitrogens with one attached hydrogen (secondary N) is 1. The molecule has 1 rings (SSSR count). The average molecular weight is 265 g/mol. The summed E-state index contributed by atoms with van der Waals surface area (Å²) < 4.78 is 5.30. The van der Waals surface area contributed by atoms with E-state index in [9.17, 15) is 9.59 Å². The highest BCUT2D eigenvalue weighted by Gasteiger charge is 2.23. The maximum atomic E-state index is 11.6. The van der Waals surface area contributed by atoms with Gasteiger partial charge in [0.05, 0.1) is 0 Å². The van der Waals surface area contributed by atoms with Crippen molar-refractivity contribution in [3.8, 4) is 5.75 Å². The molecule has 0 radical (unpaired) electrons. The maximum Gasteiger partial charge on any atom is 0.326 e. The Kier molecular flexibility index (Phi) is 5.36. The molecular weight excluding hydrogens is 246 g/mol. The van der Waals surface area contributed by atoms with Crippen LogP contribution in [0.2, 0.25) is 0 Å². The molecule has 0 heterocycles. The molecule has 0 saturated heterocycles. The van der Waals surface area contributed by atoms with E-state index in [1.54, 1.807) is 19.9 Å². The number of carboxylic acid groups (broad SMARTS) is 1. The molecule has 1 amide bonds. The minimum Gasteiger partial charge on any atom is -0.484 e. The zero-order valence-corrected chi connectivity index (χ0v) is 11.3. The lowest BCUT2D eigenvalue weighted by Gasteiger charge is -2.18. The van der Waals surface area contributed by atoms with E-state index in [1.807, 2.05) is 25.1 Å². The van der Waals surface area contributed by atoms with Gasteiger partial charge in [0, 0.05) is 0 Å². The number of carboxylic acids is 1. The molecule has 0 spiro atoms. The van der Waals surface area contributed by atoms with Gasteiger partial charge >= 0.3 is 5.97 Å². The van der Waals surface area contributed by atoms with Crippen LogP contribution in [0.5, 0.6) is 5.75 Å². The molecule has 104 valence electrons. The summed E-state index contributed by atoms with van der Waals surface area (Å²) >= 11 is 0. The number of aryl methyl sites for hydroxylation is 1. The van der Waals surface area contributed by atoms with Gasteiger partial charge in [0.2, 0.25) is 0 Å². The normalized spacial score (nSPS) is 12.0. The van der Waals surface area contributed by atoms with Gasteiger partial charge in [0.15, 0.2) is 6.61 Å². The van der Waals surface area contributed by atoms with Gasteiger partial charge < -0.3 is 15.2 Å². The van der Waals surface area contributed by atoms with Gasteiger partial charge in [-0.05, 0) is 30.5 Å². The van der Waals surface area contributed by atoms with Crippen molar-refractivity contribution in [1.82, 2.24) is 5.32 Å². The predicted molar refractivity (Wildman–Crippen MR) is 71.1 cm³/mol. The Morgan fingerprint density at radius 2 is 2.05 bits per heavy atom. The molecule has 1 aromatic carbocycles. The predicted octanol–water partition coefficient (Wildman–Crippen LogP) is 1.60. The molecule has 1 atom stereocenters. The SMILES string of the molecule is Cc1cccc(OCC(=O)N[C@@H](C(=O)O)C(C)C)c1. The summed E-state index contributed by atoms with van der Waals surface area (Å²) in [5.74, 6) is -1.08. The highest BCUT2D eigenvalue weighted by molar-refractivity contribution is 5.84. The van der Waals surface area contributed by atoms with Gasteiger partial charge in [-0.25, -0.2) is 4.79 Å². The van der Waals surface area contributed by atoms with Crippen LogP contribution in [0.15, 0.2) is 24.3 Å². The fourth-order valence-electron chi connectivity index (χ4n) is 1.58. The number of carbonyl (C=O) groups excluding carboxylic acids is 1. The van der Waals surface area contributed by atoms with Gasteiger partial charge in [0.1, 0.15) is 11.8 Å². The number of hydrogen-bond acceptors (Lipinski definition) is 3. The Bertz CT molecular complexity index is 457. The summed E-state index contributed by atoms with van der Waals surface area (Å²) in [6.07, 6.45) is 0. The van der Waals surface area contributed by atoms with Crippen LogP contribution >= 0.6 is 0 Å². The van der Waals surface area contributed by atoms with Crippen molar-refractivity contribution in [2.75, 3.05) is 6.61 Å². The number of rotatable bonds is 6. The van der Waals surface area contributed by atoms with Gasteiger partial charge in [-0.2, -0.15) is 0 Å². The third-order valence-electron chi connectivity index (χ3n) is 2.61. The molecule has 0 bridgehead atoms. The summed E-state index contributed by atoms with van der Waals surface area (Å²) in [7, 11) is 0. The van der Waals surface area contributed by atoms with Crippen molar-refractivity contribution in [2.45, 2.75) is 26.8 Å². The Labute approximate surface area is 112 Å². The molecular formula is C14H19NO4. The standard InChI is InChI=1S/C14H19NO4/c1-9(2)13(14(17)18)15-12(16)8-19-11-6-4-5-10(3)7-11/h4-7,9,13H,8H2,1-3H3,(H,15,16)(H,17,18)/t13-/m1/s1. The number of amides is 1. The summed E-state index contributed by atoms with van der Waals surface area (Å²) in [4.78, 5) is 22.6. The van der Waals surface area contributed by atoms with Crippen molar-refractivity contribution < 1.29 is 19.4 Å². The topological polar surface area (TPSA) is 75.6 Å². The van der Waals surface area contributed by atoms with Crippen molar-refractivity contribution in [3.63, 3.8) is 0 Å². The van der Waals surface area contributed by atoms with Crippen LogP contribution in [-0.2, 0) is 9.59 Å². The second kappa shape index (κ2) is 6.78. The first-order valence-electron chi connectivity index (χ1n) is 6.11. The first kappa shape index (κ1) is 15.0. The highest BCUT2D eigenvalue weighted by Crippen LogP contribution is 2.12. The van der Waals surface area contributed by atoms with Crippen LogP contribution in [0.25, 0.3) is 0 Å². The Morgan fingerprint density at radius 3 is 2.58 bits per heavy atom. The summed E-state index contributed by atoms with van der Waals surface area (Å²) in [5.41, 5.74) is 1.03. The average Bonchev–Trinajstić information content (AvgIpc) is 2.32. The smallest absolute Gasteiger partial charge is 0.326 e. The van der Waals surface area contributed by atoms with Crippen molar-refractivity contribution in [3.05, 3.63) is 29.8 Å². The number of hydrogen-bond donors (Lipinski definition) is 2. The monoisotopic (exact) mass is 265 g/mol. The van der Waals surface area contributed by atoms with Crippen LogP contribution in [0.4, 0.5) is 0 Å². The summed E-state index contributed by atoms with van der Waals surface area (Å²) in [6, 6.07) is 6.42. The number of carbonyl (C=O) groups is 2. The van der Waals surface area contributed by atoms with E-state index in [4.69, 9.17) is 9.84 Å². The van der Waals surface area contributed by atoms with Gasteiger partial charge in [-0.3, -0.25) is 4.79 Å². The van der Waals surface area contributed by atoms with Crippen molar-refractivity contribution in [1.29, 1.82) is 0 Å². The van der Waals surface area contributed by atoms with E-state index in [0.717, 1.165) is 5.56 Å². The van der Waals surface area contributed by atoms with Crippen LogP contribution in [0.1, 0.15) is 19.4 Å². The molecule has 5 nitrogen and oxygen atoms in total. The minimum absolute atomic E-state index is 0.180. The third-order valence-corrected chi connectivity index (χ3v) is 2.61. The third kappa shape index (κ3) is 4.99. The van der Waals surface area contributed by atoms with Gasteiger partial charge in [0.25, 0.3) is 5.91 Å². The van der Waals surface area contributed by atoms with E-state index >= 15 is 0 Å². The largest absolute Gasteiger partial charge is 0.484 e. The number of aliphatic carboxylic acids is 1.